The zero-order valence-corrected chi connectivity index (χ0v) is 9.09. The number of aryl methyl sites for hydroxylation is 1. The topological polar surface area (TPSA) is 89.3 Å². The van der Waals surface area contributed by atoms with E-state index in [-0.39, 0.29) is 12.4 Å². The Kier molecular flexibility index (Phi) is 3.09. The molecule has 0 saturated heterocycles. The Morgan fingerprint density at radius 1 is 1.41 bits per heavy atom. The number of oxazole rings is 1. The number of nitrogens with zero attached hydrogens (tertiary/aromatic N) is 1. The molecule has 1 aromatic carbocycles. The van der Waals surface area contributed by atoms with Gasteiger partial charge in [-0.2, -0.15) is 4.98 Å². The molecule has 3 N–H and O–H groups in total. The highest BCUT2D eigenvalue weighted by molar-refractivity contribution is 5.69. The molecule has 0 bridgehead atoms. The van der Waals surface area contributed by atoms with Gasteiger partial charge in [0.1, 0.15) is 12.0 Å². The first-order chi connectivity index (χ1) is 8.16. The van der Waals surface area contributed by atoms with Crippen LogP contribution in [-0.4, -0.2) is 16.1 Å². The van der Waals surface area contributed by atoms with Crippen molar-refractivity contribution in [2.45, 2.75) is 12.8 Å². The fourth-order valence-electron chi connectivity index (χ4n) is 1.64. The molecule has 2 rings (SSSR count). The summed E-state index contributed by atoms with van der Waals surface area (Å²) in [5.41, 5.74) is 7.82. The zero-order chi connectivity index (χ0) is 12.3. The molecular formula is C12H12N2O3. The highest BCUT2D eigenvalue weighted by Crippen LogP contribution is 2.24. The Balaban J connectivity index is 2.30. The Bertz CT molecular complexity index is 534. The SMILES string of the molecule is Nc1nc(-c2ccccc2CCC(=O)O)co1. The molecule has 5 heteroatoms. The third-order valence-corrected chi connectivity index (χ3v) is 2.42. The minimum absolute atomic E-state index is 0.0876. The molecule has 0 atom stereocenters. The van der Waals surface area contributed by atoms with Crippen LogP contribution in [0.2, 0.25) is 0 Å². The molecule has 88 valence electrons. The van der Waals surface area contributed by atoms with Gasteiger partial charge < -0.3 is 15.3 Å². The molecule has 0 aliphatic carbocycles. The molecule has 0 saturated carbocycles. The summed E-state index contributed by atoms with van der Waals surface area (Å²) in [6.07, 6.45) is 2.01. The number of nitrogens with two attached hydrogens (primary N) is 1. The van der Waals surface area contributed by atoms with Gasteiger partial charge in [0.25, 0.3) is 6.01 Å². The number of carboxylic acid groups (broad SMARTS) is 1. The van der Waals surface area contributed by atoms with E-state index < -0.39 is 5.97 Å². The van der Waals surface area contributed by atoms with Crippen molar-refractivity contribution in [3.05, 3.63) is 36.1 Å². The number of benzene rings is 1. The highest BCUT2D eigenvalue weighted by Gasteiger charge is 2.09. The van der Waals surface area contributed by atoms with Gasteiger partial charge in [0.05, 0.1) is 0 Å². The van der Waals surface area contributed by atoms with Crippen LogP contribution in [0, 0.1) is 0 Å². The van der Waals surface area contributed by atoms with E-state index in [2.05, 4.69) is 4.98 Å². The Labute approximate surface area is 97.9 Å². The first-order valence-electron chi connectivity index (χ1n) is 5.18. The van der Waals surface area contributed by atoms with Crippen LogP contribution in [0.3, 0.4) is 0 Å². The Morgan fingerprint density at radius 2 is 2.18 bits per heavy atom. The molecule has 0 aliphatic heterocycles. The Morgan fingerprint density at radius 3 is 2.82 bits per heavy atom. The molecule has 1 aromatic heterocycles. The summed E-state index contributed by atoms with van der Waals surface area (Å²) in [7, 11) is 0. The maximum absolute atomic E-state index is 10.6. The molecule has 1 heterocycles. The number of carboxylic acids is 1. The maximum Gasteiger partial charge on any atom is 0.303 e. The van der Waals surface area contributed by atoms with E-state index in [1.807, 2.05) is 24.3 Å². The van der Waals surface area contributed by atoms with E-state index in [4.69, 9.17) is 15.3 Å². The number of hydrogen-bond donors (Lipinski definition) is 2. The third kappa shape index (κ3) is 2.63. The summed E-state index contributed by atoms with van der Waals surface area (Å²) in [6, 6.07) is 7.58. The number of nitrogen functional groups attached to an aromatic ring is 1. The number of aromatic nitrogens is 1. The fraction of sp³-hybridized carbons (Fsp3) is 0.167. The average molecular weight is 232 g/mol. The first kappa shape index (κ1) is 11.2. The van der Waals surface area contributed by atoms with Crippen molar-refractivity contribution in [2.75, 3.05) is 5.73 Å². The molecule has 0 aliphatic rings. The van der Waals surface area contributed by atoms with Gasteiger partial charge in [-0.15, -0.1) is 0 Å². The molecule has 0 fully saturated rings. The molecule has 0 amide bonds. The van der Waals surface area contributed by atoms with E-state index in [9.17, 15) is 4.79 Å². The number of carbonyl (C=O) groups is 1. The van der Waals surface area contributed by atoms with E-state index in [1.165, 1.54) is 6.26 Å². The summed E-state index contributed by atoms with van der Waals surface area (Å²) < 4.78 is 4.95. The van der Waals surface area contributed by atoms with E-state index in [0.29, 0.717) is 12.1 Å². The number of aliphatic carboxylic acids is 1. The van der Waals surface area contributed by atoms with Crippen LogP contribution in [-0.2, 0) is 11.2 Å². The lowest BCUT2D eigenvalue weighted by Crippen LogP contribution is -1.99. The molecule has 0 spiro atoms. The largest absolute Gasteiger partial charge is 0.481 e. The van der Waals surface area contributed by atoms with E-state index in [1.54, 1.807) is 0 Å². The molecule has 2 aromatic rings. The van der Waals surface area contributed by atoms with Crippen molar-refractivity contribution in [2.24, 2.45) is 0 Å². The van der Waals surface area contributed by atoms with Crippen LogP contribution in [0.15, 0.2) is 34.9 Å². The smallest absolute Gasteiger partial charge is 0.303 e. The number of anilines is 1. The van der Waals surface area contributed by atoms with Crippen LogP contribution >= 0.6 is 0 Å². The second-order valence-corrected chi connectivity index (χ2v) is 3.62. The minimum Gasteiger partial charge on any atom is -0.481 e. The predicted molar refractivity (Wildman–Crippen MR) is 62.3 cm³/mol. The fourth-order valence-corrected chi connectivity index (χ4v) is 1.64. The summed E-state index contributed by atoms with van der Waals surface area (Å²) in [4.78, 5) is 14.6. The van der Waals surface area contributed by atoms with Crippen LogP contribution < -0.4 is 5.73 Å². The molecule has 17 heavy (non-hydrogen) atoms. The average Bonchev–Trinajstić information content (AvgIpc) is 2.73. The van der Waals surface area contributed by atoms with Crippen molar-refractivity contribution in [3.8, 4) is 11.3 Å². The summed E-state index contributed by atoms with van der Waals surface area (Å²) in [6.45, 7) is 0. The minimum atomic E-state index is -0.820. The lowest BCUT2D eigenvalue weighted by Gasteiger charge is -2.04. The van der Waals surface area contributed by atoms with E-state index in [0.717, 1.165) is 11.1 Å². The normalized spacial score (nSPS) is 10.4. The van der Waals surface area contributed by atoms with Crippen molar-refractivity contribution in [1.82, 2.24) is 4.98 Å². The van der Waals surface area contributed by atoms with Gasteiger partial charge in [0.2, 0.25) is 0 Å². The van der Waals surface area contributed by atoms with Crippen molar-refractivity contribution in [1.29, 1.82) is 0 Å². The van der Waals surface area contributed by atoms with Gasteiger partial charge in [0, 0.05) is 12.0 Å². The van der Waals surface area contributed by atoms with Gasteiger partial charge in [-0.05, 0) is 12.0 Å². The summed E-state index contributed by atoms with van der Waals surface area (Å²) in [5, 5.41) is 8.69. The molecule has 0 radical (unpaired) electrons. The molecule has 5 nitrogen and oxygen atoms in total. The van der Waals surface area contributed by atoms with Crippen LogP contribution in [0.4, 0.5) is 6.01 Å². The second-order valence-electron chi connectivity index (χ2n) is 3.62. The molecular weight excluding hydrogens is 220 g/mol. The van der Waals surface area contributed by atoms with Gasteiger partial charge in [-0.25, -0.2) is 0 Å². The second kappa shape index (κ2) is 4.69. The van der Waals surface area contributed by atoms with Crippen LogP contribution in [0.25, 0.3) is 11.3 Å². The first-order valence-corrected chi connectivity index (χ1v) is 5.18. The van der Waals surface area contributed by atoms with Crippen LogP contribution in [0.1, 0.15) is 12.0 Å². The van der Waals surface area contributed by atoms with Crippen molar-refractivity contribution >= 4 is 12.0 Å². The zero-order valence-electron chi connectivity index (χ0n) is 9.09. The lowest BCUT2D eigenvalue weighted by molar-refractivity contribution is -0.136. The van der Waals surface area contributed by atoms with Crippen LogP contribution in [0.5, 0.6) is 0 Å². The molecule has 0 unspecified atom stereocenters. The van der Waals surface area contributed by atoms with Crippen molar-refractivity contribution in [3.63, 3.8) is 0 Å². The number of rotatable bonds is 4. The standard InChI is InChI=1S/C12H12N2O3/c13-12-14-10(7-17-12)9-4-2-1-3-8(9)5-6-11(15)16/h1-4,7H,5-6H2,(H2,13,14)(H,15,16). The summed E-state index contributed by atoms with van der Waals surface area (Å²) >= 11 is 0. The maximum atomic E-state index is 10.6. The lowest BCUT2D eigenvalue weighted by atomic mass is 10.0. The van der Waals surface area contributed by atoms with Gasteiger partial charge in [0.15, 0.2) is 0 Å². The predicted octanol–water partition coefficient (Wildman–Crippen LogP) is 1.94. The monoisotopic (exact) mass is 232 g/mol. The van der Waals surface area contributed by atoms with Gasteiger partial charge in [-0.1, -0.05) is 24.3 Å². The number of hydrogen-bond acceptors (Lipinski definition) is 4. The summed E-state index contributed by atoms with van der Waals surface area (Å²) in [5.74, 6) is -0.820. The van der Waals surface area contributed by atoms with E-state index >= 15 is 0 Å². The third-order valence-electron chi connectivity index (χ3n) is 2.42. The van der Waals surface area contributed by atoms with Gasteiger partial charge in [-0.3, -0.25) is 4.79 Å². The highest BCUT2D eigenvalue weighted by atomic mass is 16.4. The Hall–Kier alpha value is -2.30. The van der Waals surface area contributed by atoms with Gasteiger partial charge >= 0.3 is 5.97 Å². The quantitative estimate of drug-likeness (QED) is 0.840. The van der Waals surface area contributed by atoms with Crippen molar-refractivity contribution < 1.29 is 14.3 Å².